The standard InChI is InChI=1S/C36H35BrN4O6/c1-6-45-32-15-23(5)29(18-28(32)22(3)4)35-39-31-14-9-8-13-27(31)36(42)40(35)38-20-25-17-33(46-7-2)34(19-30(25)37)47-21-24-11-10-12-26(16-24)41(43)44/h8-20,22H,6-7,21H2,1-5H3. The maximum atomic E-state index is 13.9. The van der Waals surface area contributed by atoms with Crippen LogP contribution in [0.1, 0.15) is 55.9 Å². The molecule has 0 aliphatic heterocycles. The van der Waals surface area contributed by atoms with Gasteiger partial charge in [-0.1, -0.05) is 38.1 Å². The fraction of sp³-hybridized carbons (Fsp3) is 0.250. The molecule has 0 fully saturated rings. The largest absolute Gasteiger partial charge is 0.494 e. The van der Waals surface area contributed by atoms with Gasteiger partial charge in [-0.2, -0.15) is 9.78 Å². The van der Waals surface area contributed by atoms with Crippen molar-refractivity contribution in [2.75, 3.05) is 13.2 Å². The Morgan fingerprint density at radius 1 is 0.957 bits per heavy atom. The predicted octanol–water partition coefficient (Wildman–Crippen LogP) is 8.42. The number of benzene rings is 4. The monoisotopic (exact) mass is 698 g/mol. The van der Waals surface area contributed by atoms with Gasteiger partial charge < -0.3 is 14.2 Å². The van der Waals surface area contributed by atoms with Crippen LogP contribution in [0.15, 0.2) is 87.2 Å². The highest BCUT2D eigenvalue weighted by Gasteiger charge is 2.19. The van der Waals surface area contributed by atoms with Gasteiger partial charge in [0.15, 0.2) is 17.3 Å². The van der Waals surface area contributed by atoms with Crippen LogP contribution in [0.4, 0.5) is 5.69 Å². The Bertz CT molecular complexity index is 2040. The molecule has 0 atom stereocenters. The summed E-state index contributed by atoms with van der Waals surface area (Å²) in [4.78, 5) is 29.6. The number of aryl methyl sites for hydroxylation is 1. The van der Waals surface area contributed by atoms with E-state index in [9.17, 15) is 14.9 Å². The molecule has 5 rings (SSSR count). The first-order valence-corrected chi connectivity index (χ1v) is 16.1. The number of ether oxygens (including phenoxy) is 3. The minimum atomic E-state index is -0.442. The van der Waals surface area contributed by atoms with E-state index in [0.717, 1.165) is 22.4 Å². The van der Waals surface area contributed by atoms with Crippen LogP contribution < -0.4 is 19.8 Å². The molecule has 0 radical (unpaired) electrons. The van der Waals surface area contributed by atoms with E-state index in [0.29, 0.717) is 57.0 Å². The van der Waals surface area contributed by atoms with Gasteiger partial charge in [0, 0.05) is 27.7 Å². The van der Waals surface area contributed by atoms with Gasteiger partial charge in [0.1, 0.15) is 12.4 Å². The number of non-ortho nitro benzene ring substituents is 1. The summed E-state index contributed by atoms with van der Waals surface area (Å²) in [5.41, 5.74) is 4.21. The van der Waals surface area contributed by atoms with Gasteiger partial charge in [-0.25, -0.2) is 4.98 Å². The first kappa shape index (κ1) is 33.3. The molecule has 5 aromatic rings. The average Bonchev–Trinajstić information content (AvgIpc) is 3.05. The molecular formula is C36H35BrN4O6. The molecule has 0 saturated carbocycles. The number of nitrogens with zero attached hydrogens (tertiary/aromatic N) is 4. The maximum Gasteiger partial charge on any atom is 0.282 e. The highest BCUT2D eigenvalue weighted by atomic mass is 79.9. The molecule has 0 bridgehead atoms. The Kier molecular flexibility index (Phi) is 10.4. The molecule has 0 saturated heterocycles. The molecule has 242 valence electrons. The van der Waals surface area contributed by atoms with Crippen molar-refractivity contribution < 1.29 is 19.1 Å². The van der Waals surface area contributed by atoms with Crippen molar-refractivity contribution in [2.45, 2.75) is 47.1 Å². The molecule has 11 heteroatoms. The number of para-hydroxylation sites is 1. The van der Waals surface area contributed by atoms with Crippen LogP contribution in [0, 0.1) is 17.0 Å². The third kappa shape index (κ3) is 7.36. The Labute approximate surface area is 280 Å². The number of rotatable bonds is 12. The number of fused-ring (bicyclic) bond motifs is 1. The molecule has 0 aliphatic rings. The fourth-order valence-electron chi connectivity index (χ4n) is 5.15. The van der Waals surface area contributed by atoms with Crippen molar-refractivity contribution in [1.29, 1.82) is 0 Å². The molecule has 0 amide bonds. The van der Waals surface area contributed by atoms with Crippen LogP contribution in [-0.2, 0) is 6.61 Å². The van der Waals surface area contributed by atoms with Crippen LogP contribution in [0.5, 0.6) is 17.2 Å². The summed E-state index contributed by atoms with van der Waals surface area (Å²) >= 11 is 3.61. The van der Waals surface area contributed by atoms with Gasteiger partial charge in [-0.05, 0) is 95.7 Å². The smallest absolute Gasteiger partial charge is 0.282 e. The van der Waals surface area contributed by atoms with Crippen LogP contribution in [0.3, 0.4) is 0 Å². The summed E-state index contributed by atoms with van der Waals surface area (Å²) in [6, 6.07) is 21.0. The van der Waals surface area contributed by atoms with Crippen molar-refractivity contribution in [3.63, 3.8) is 0 Å². The van der Waals surface area contributed by atoms with Crippen LogP contribution in [0.25, 0.3) is 22.3 Å². The summed E-state index contributed by atoms with van der Waals surface area (Å²) in [7, 11) is 0. The van der Waals surface area contributed by atoms with E-state index < -0.39 is 4.92 Å². The Morgan fingerprint density at radius 2 is 1.68 bits per heavy atom. The Morgan fingerprint density at radius 3 is 2.40 bits per heavy atom. The molecule has 1 aromatic heterocycles. The number of aromatic nitrogens is 2. The molecular weight excluding hydrogens is 664 g/mol. The lowest BCUT2D eigenvalue weighted by molar-refractivity contribution is -0.384. The third-order valence-electron chi connectivity index (χ3n) is 7.46. The topological polar surface area (TPSA) is 118 Å². The van der Waals surface area contributed by atoms with E-state index in [1.54, 1.807) is 42.6 Å². The van der Waals surface area contributed by atoms with E-state index in [1.807, 2.05) is 45.0 Å². The summed E-state index contributed by atoms with van der Waals surface area (Å²) in [5, 5.41) is 16.3. The lowest BCUT2D eigenvalue weighted by Crippen LogP contribution is -2.21. The lowest BCUT2D eigenvalue weighted by Gasteiger charge is -2.18. The first-order chi connectivity index (χ1) is 22.6. The Balaban J connectivity index is 1.58. The van der Waals surface area contributed by atoms with Crippen LogP contribution >= 0.6 is 15.9 Å². The SMILES string of the molecule is CCOc1cc(C=Nn2c(-c3cc(C(C)C)c(OCC)cc3C)nc3ccccc3c2=O)c(Br)cc1OCc1cccc([N+](=O)[O-])c1. The van der Waals surface area contributed by atoms with Crippen molar-refractivity contribution in [2.24, 2.45) is 5.10 Å². The number of hydrogen-bond acceptors (Lipinski definition) is 8. The average molecular weight is 700 g/mol. The molecule has 0 N–H and O–H groups in total. The van der Waals surface area contributed by atoms with Gasteiger partial charge >= 0.3 is 0 Å². The fourth-order valence-corrected chi connectivity index (χ4v) is 5.57. The summed E-state index contributed by atoms with van der Waals surface area (Å²) in [6.45, 7) is 11.0. The van der Waals surface area contributed by atoms with Gasteiger partial charge in [-0.15, -0.1) is 0 Å². The van der Waals surface area contributed by atoms with Gasteiger partial charge in [0.25, 0.3) is 11.2 Å². The predicted molar refractivity (Wildman–Crippen MR) is 187 cm³/mol. The zero-order valence-electron chi connectivity index (χ0n) is 26.8. The zero-order valence-corrected chi connectivity index (χ0v) is 28.4. The van der Waals surface area contributed by atoms with E-state index in [1.165, 1.54) is 16.8 Å². The summed E-state index contributed by atoms with van der Waals surface area (Å²) < 4.78 is 19.8. The van der Waals surface area contributed by atoms with E-state index in [2.05, 4.69) is 34.9 Å². The van der Waals surface area contributed by atoms with Gasteiger partial charge in [0.05, 0.1) is 35.3 Å². The normalized spacial score (nSPS) is 11.4. The molecule has 10 nitrogen and oxygen atoms in total. The zero-order chi connectivity index (χ0) is 33.7. The maximum absolute atomic E-state index is 13.9. The minimum Gasteiger partial charge on any atom is -0.494 e. The van der Waals surface area contributed by atoms with E-state index in [4.69, 9.17) is 19.2 Å². The summed E-state index contributed by atoms with van der Waals surface area (Å²) in [6.07, 6.45) is 1.57. The molecule has 47 heavy (non-hydrogen) atoms. The van der Waals surface area contributed by atoms with Crippen LogP contribution in [-0.4, -0.2) is 34.0 Å². The van der Waals surface area contributed by atoms with Crippen molar-refractivity contribution in [1.82, 2.24) is 9.66 Å². The second-order valence-electron chi connectivity index (χ2n) is 11.1. The van der Waals surface area contributed by atoms with Crippen LogP contribution in [0.2, 0.25) is 0 Å². The summed E-state index contributed by atoms with van der Waals surface area (Å²) in [5.74, 6) is 2.29. The minimum absolute atomic E-state index is 0.0116. The van der Waals surface area contributed by atoms with E-state index >= 15 is 0 Å². The molecule has 0 spiro atoms. The number of hydrogen-bond donors (Lipinski definition) is 0. The van der Waals surface area contributed by atoms with Gasteiger partial charge in [0.2, 0.25) is 0 Å². The van der Waals surface area contributed by atoms with Crippen molar-refractivity contribution in [3.05, 3.63) is 120 Å². The Hall–Kier alpha value is -5.03. The highest BCUT2D eigenvalue weighted by molar-refractivity contribution is 9.10. The molecule has 1 heterocycles. The van der Waals surface area contributed by atoms with Crippen molar-refractivity contribution >= 4 is 38.7 Å². The number of nitro benzene ring substituents is 1. The molecule has 0 unspecified atom stereocenters. The molecule has 0 aliphatic carbocycles. The second kappa shape index (κ2) is 14.6. The quantitative estimate of drug-likeness (QED) is 0.0729. The highest BCUT2D eigenvalue weighted by Crippen LogP contribution is 2.36. The van der Waals surface area contributed by atoms with Gasteiger partial charge in [-0.3, -0.25) is 14.9 Å². The second-order valence-corrected chi connectivity index (χ2v) is 11.9. The number of nitro groups is 1. The molecule has 4 aromatic carbocycles. The lowest BCUT2D eigenvalue weighted by atomic mass is 9.96. The first-order valence-electron chi connectivity index (χ1n) is 15.3. The van der Waals surface area contributed by atoms with Crippen molar-refractivity contribution in [3.8, 4) is 28.6 Å². The third-order valence-corrected chi connectivity index (χ3v) is 8.15. The number of halogens is 1. The van der Waals surface area contributed by atoms with E-state index in [-0.39, 0.29) is 23.8 Å².